The third kappa shape index (κ3) is 4.30. The van der Waals surface area contributed by atoms with Crippen LogP contribution in [-0.2, 0) is 0 Å². The summed E-state index contributed by atoms with van der Waals surface area (Å²) < 4.78 is 0. The quantitative estimate of drug-likeness (QED) is 0.363. The van der Waals surface area contributed by atoms with Crippen LogP contribution in [0.4, 0.5) is 5.69 Å². The van der Waals surface area contributed by atoms with Crippen molar-refractivity contribution in [3.63, 3.8) is 0 Å². The van der Waals surface area contributed by atoms with Gasteiger partial charge in [-0.05, 0) is 18.2 Å². The zero-order valence-corrected chi connectivity index (χ0v) is 11.4. The molecule has 2 aromatic rings. The molecule has 0 heterocycles. The number of hydrazone groups is 1. The first kappa shape index (κ1) is 13.4. The van der Waals surface area contributed by atoms with Gasteiger partial charge in [-0.15, -0.1) is 18.3 Å². The SMILES string of the molecule is C=CCSc1ccccc1/C=N/Nc1ccccc1. The summed E-state index contributed by atoms with van der Waals surface area (Å²) in [4.78, 5) is 1.21. The molecule has 0 unspecified atom stereocenters. The molecule has 96 valence electrons. The summed E-state index contributed by atoms with van der Waals surface area (Å²) >= 11 is 1.76. The molecule has 0 fully saturated rings. The second kappa shape index (κ2) is 7.44. The molecular weight excluding hydrogens is 252 g/mol. The van der Waals surface area contributed by atoms with E-state index in [1.54, 1.807) is 11.8 Å². The van der Waals surface area contributed by atoms with E-state index in [2.05, 4.69) is 29.2 Å². The molecule has 0 saturated carbocycles. The van der Waals surface area contributed by atoms with Crippen LogP contribution in [0, 0.1) is 0 Å². The van der Waals surface area contributed by atoms with Crippen LogP contribution in [0.25, 0.3) is 0 Å². The summed E-state index contributed by atoms with van der Waals surface area (Å²) in [7, 11) is 0. The number of benzene rings is 2. The number of para-hydroxylation sites is 1. The summed E-state index contributed by atoms with van der Waals surface area (Å²) in [6, 6.07) is 18.1. The Hall–Kier alpha value is -2.00. The molecule has 2 rings (SSSR count). The summed E-state index contributed by atoms with van der Waals surface area (Å²) in [5, 5.41) is 4.27. The van der Waals surface area contributed by atoms with Crippen molar-refractivity contribution in [1.82, 2.24) is 0 Å². The highest BCUT2D eigenvalue weighted by molar-refractivity contribution is 7.99. The Morgan fingerprint density at radius 2 is 1.79 bits per heavy atom. The zero-order valence-electron chi connectivity index (χ0n) is 10.6. The van der Waals surface area contributed by atoms with E-state index in [0.717, 1.165) is 17.0 Å². The maximum Gasteiger partial charge on any atom is 0.0561 e. The van der Waals surface area contributed by atoms with Gasteiger partial charge in [0.25, 0.3) is 0 Å². The maximum atomic E-state index is 4.27. The normalized spacial score (nSPS) is 10.5. The molecule has 0 atom stereocenters. The third-order valence-corrected chi connectivity index (χ3v) is 3.53. The molecule has 0 bridgehead atoms. The first-order chi connectivity index (χ1) is 9.40. The van der Waals surface area contributed by atoms with E-state index in [1.165, 1.54) is 4.90 Å². The highest BCUT2D eigenvalue weighted by Crippen LogP contribution is 2.21. The monoisotopic (exact) mass is 268 g/mol. The van der Waals surface area contributed by atoms with Crippen LogP contribution in [0.2, 0.25) is 0 Å². The van der Waals surface area contributed by atoms with Gasteiger partial charge in [0.1, 0.15) is 0 Å². The second-order valence-corrected chi connectivity index (χ2v) is 4.94. The van der Waals surface area contributed by atoms with Gasteiger partial charge in [-0.2, -0.15) is 5.10 Å². The van der Waals surface area contributed by atoms with Gasteiger partial charge in [0.2, 0.25) is 0 Å². The lowest BCUT2D eigenvalue weighted by Gasteiger charge is -2.03. The molecule has 0 amide bonds. The molecule has 0 aromatic heterocycles. The highest BCUT2D eigenvalue weighted by Gasteiger charge is 1.98. The number of rotatable bonds is 6. The summed E-state index contributed by atoms with van der Waals surface area (Å²) in [6.07, 6.45) is 3.75. The standard InChI is InChI=1S/C16H16N2S/c1-2-12-19-16-11-7-6-8-14(16)13-17-18-15-9-4-3-5-10-15/h2-11,13,18H,1,12H2/b17-13+. The lowest BCUT2D eigenvalue weighted by atomic mass is 10.2. The van der Waals surface area contributed by atoms with E-state index in [0.29, 0.717) is 0 Å². The topological polar surface area (TPSA) is 24.4 Å². The second-order valence-electron chi connectivity index (χ2n) is 3.87. The van der Waals surface area contributed by atoms with E-state index in [4.69, 9.17) is 0 Å². The van der Waals surface area contributed by atoms with Crippen LogP contribution in [-0.4, -0.2) is 12.0 Å². The van der Waals surface area contributed by atoms with E-state index >= 15 is 0 Å². The number of hydrogen-bond donors (Lipinski definition) is 1. The van der Waals surface area contributed by atoms with Gasteiger partial charge in [0.15, 0.2) is 0 Å². The van der Waals surface area contributed by atoms with E-state index in [-0.39, 0.29) is 0 Å². The number of hydrogen-bond acceptors (Lipinski definition) is 3. The van der Waals surface area contributed by atoms with Gasteiger partial charge in [0.05, 0.1) is 11.9 Å². The Morgan fingerprint density at radius 1 is 1.05 bits per heavy atom. The molecule has 0 saturated heterocycles. The number of nitrogens with one attached hydrogen (secondary N) is 1. The Balaban J connectivity index is 2.04. The van der Waals surface area contributed by atoms with Gasteiger partial charge >= 0.3 is 0 Å². The smallest absolute Gasteiger partial charge is 0.0561 e. The lowest BCUT2D eigenvalue weighted by molar-refractivity contribution is 1.33. The molecule has 0 radical (unpaired) electrons. The first-order valence-electron chi connectivity index (χ1n) is 6.07. The highest BCUT2D eigenvalue weighted by atomic mass is 32.2. The Labute approximate surface area is 118 Å². The van der Waals surface area contributed by atoms with E-state index in [1.807, 2.05) is 54.8 Å². The average molecular weight is 268 g/mol. The van der Waals surface area contributed by atoms with Gasteiger partial charge in [-0.25, -0.2) is 0 Å². The zero-order chi connectivity index (χ0) is 13.3. The van der Waals surface area contributed by atoms with Gasteiger partial charge in [-0.1, -0.05) is 42.5 Å². The minimum Gasteiger partial charge on any atom is -0.279 e. The molecule has 3 heteroatoms. The molecule has 0 aliphatic heterocycles. The van der Waals surface area contributed by atoms with Crippen molar-refractivity contribution >= 4 is 23.7 Å². The summed E-state index contributed by atoms with van der Waals surface area (Å²) in [5.41, 5.74) is 5.11. The fourth-order valence-corrected chi connectivity index (χ4v) is 2.32. The van der Waals surface area contributed by atoms with Crippen LogP contribution < -0.4 is 5.43 Å². The lowest BCUT2D eigenvalue weighted by Crippen LogP contribution is -1.92. The van der Waals surface area contributed by atoms with Crippen molar-refractivity contribution in [2.75, 3.05) is 11.2 Å². The Bertz CT molecular complexity index is 550. The van der Waals surface area contributed by atoms with Crippen molar-refractivity contribution < 1.29 is 0 Å². The third-order valence-electron chi connectivity index (χ3n) is 2.45. The summed E-state index contributed by atoms with van der Waals surface area (Å²) in [5.74, 6) is 0.900. The predicted octanol–water partition coefficient (Wildman–Crippen LogP) is 4.41. The number of nitrogens with zero attached hydrogens (tertiary/aromatic N) is 1. The van der Waals surface area contributed by atoms with Crippen LogP contribution in [0.5, 0.6) is 0 Å². The van der Waals surface area contributed by atoms with Crippen molar-refractivity contribution in [3.05, 3.63) is 72.8 Å². The largest absolute Gasteiger partial charge is 0.279 e. The average Bonchev–Trinajstić information content (AvgIpc) is 2.47. The van der Waals surface area contributed by atoms with Gasteiger partial charge < -0.3 is 0 Å². The Morgan fingerprint density at radius 3 is 2.58 bits per heavy atom. The van der Waals surface area contributed by atoms with Gasteiger partial charge in [0, 0.05) is 16.2 Å². The van der Waals surface area contributed by atoms with Crippen LogP contribution in [0.1, 0.15) is 5.56 Å². The molecule has 1 N–H and O–H groups in total. The van der Waals surface area contributed by atoms with Crippen LogP contribution >= 0.6 is 11.8 Å². The predicted molar refractivity (Wildman–Crippen MR) is 85.0 cm³/mol. The van der Waals surface area contributed by atoms with Crippen LogP contribution in [0.15, 0.2) is 77.2 Å². The van der Waals surface area contributed by atoms with Gasteiger partial charge in [-0.3, -0.25) is 5.43 Å². The minimum atomic E-state index is 0.900. The van der Waals surface area contributed by atoms with Crippen LogP contribution in [0.3, 0.4) is 0 Å². The first-order valence-corrected chi connectivity index (χ1v) is 7.05. The fourth-order valence-electron chi connectivity index (χ4n) is 1.56. The summed E-state index contributed by atoms with van der Waals surface area (Å²) in [6.45, 7) is 3.74. The molecule has 0 spiro atoms. The number of thioether (sulfide) groups is 1. The van der Waals surface area contributed by atoms with Crippen molar-refractivity contribution in [1.29, 1.82) is 0 Å². The maximum absolute atomic E-state index is 4.27. The molecular formula is C16H16N2S. The molecule has 0 aliphatic rings. The van der Waals surface area contributed by atoms with Crippen molar-refractivity contribution in [2.45, 2.75) is 4.90 Å². The molecule has 0 aliphatic carbocycles. The van der Waals surface area contributed by atoms with E-state index < -0.39 is 0 Å². The van der Waals surface area contributed by atoms with Crippen molar-refractivity contribution in [3.8, 4) is 0 Å². The van der Waals surface area contributed by atoms with Crippen molar-refractivity contribution in [2.24, 2.45) is 5.10 Å². The van der Waals surface area contributed by atoms with E-state index in [9.17, 15) is 0 Å². The molecule has 2 nitrogen and oxygen atoms in total. The Kier molecular flexibility index (Phi) is 5.26. The molecule has 19 heavy (non-hydrogen) atoms. The fraction of sp³-hybridized carbons (Fsp3) is 0.0625. The minimum absolute atomic E-state index is 0.900. The molecule has 2 aromatic carbocycles. The number of anilines is 1.